The van der Waals surface area contributed by atoms with Crippen LogP contribution in [0.4, 0.5) is 0 Å². The molecule has 9 atom stereocenters. The lowest BCUT2D eigenvalue weighted by molar-refractivity contribution is -0.331. The highest BCUT2D eigenvalue weighted by Crippen LogP contribution is 2.71. The molecule has 3 aliphatic carbocycles. The third-order valence-electron chi connectivity index (χ3n) is 11.3. The normalized spacial score (nSPS) is 46.5. The number of likely N-dealkylation sites (N-methyl/N-ethyl adjacent to an activating group) is 1. The van der Waals surface area contributed by atoms with Gasteiger partial charge in [0, 0.05) is 29.5 Å². The van der Waals surface area contributed by atoms with E-state index in [1.54, 1.807) is 6.20 Å². The number of hydrogen-bond donors (Lipinski definition) is 3. The summed E-state index contributed by atoms with van der Waals surface area (Å²) in [7, 11) is 3.91. The van der Waals surface area contributed by atoms with Crippen molar-refractivity contribution in [3.63, 3.8) is 0 Å². The number of fused-ring (bicyclic) bond motifs is 2. The molecule has 2 spiro atoms. The summed E-state index contributed by atoms with van der Waals surface area (Å²) in [5.41, 5.74) is 0.264. The summed E-state index contributed by atoms with van der Waals surface area (Å²) in [5, 5.41) is 37.1. The van der Waals surface area contributed by atoms with Gasteiger partial charge in [-0.25, -0.2) is 4.98 Å². The van der Waals surface area contributed by atoms with Crippen LogP contribution in [-0.2, 0) is 4.74 Å². The van der Waals surface area contributed by atoms with Crippen LogP contribution in [0.2, 0.25) is 5.15 Å². The topological polar surface area (TPSA) is 86.1 Å². The Balaban J connectivity index is 1.27. The summed E-state index contributed by atoms with van der Waals surface area (Å²) in [6.07, 6.45) is 7.54. The van der Waals surface area contributed by atoms with Crippen molar-refractivity contribution >= 4 is 27.9 Å². The average molecular weight is 525 g/mol. The molecule has 2 aliphatic heterocycles. The zero-order chi connectivity index (χ0) is 26.0. The van der Waals surface area contributed by atoms with Gasteiger partial charge in [0.15, 0.2) is 0 Å². The Labute approximate surface area is 223 Å². The Kier molecular flexibility index (Phi) is 5.15. The number of allylic oxidation sites excluding steroid dienone is 2. The lowest BCUT2D eigenvalue weighted by Gasteiger charge is -2.65. The summed E-state index contributed by atoms with van der Waals surface area (Å²) in [6, 6.07) is 8.28. The Morgan fingerprint density at radius 2 is 1.86 bits per heavy atom. The van der Waals surface area contributed by atoms with Gasteiger partial charge in [0.2, 0.25) is 0 Å². The van der Waals surface area contributed by atoms with E-state index >= 15 is 0 Å². The predicted molar refractivity (Wildman–Crippen MR) is 143 cm³/mol. The molecule has 6 nitrogen and oxygen atoms in total. The first kappa shape index (κ1) is 24.5. The molecule has 3 unspecified atom stereocenters. The third-order valence-corrected chi connectivity index (χ3v) is 11.6. The zero-order valence-corrected chi connectivity index (χ0v) is 22.6. The predicted octanol–water partition coefficient (Wildman–Crippen LogP) is 4.19. The second-order valence-electron chi connectivity index (χ2n) is 13.0. The molecule has 1 aromatic heterocycles. The monoisotopic (exact) mass is 524 g/mol. The van der Waals surface area contributed by atoms with Crippen LogP contribution in [0, 0.1) is 17.3 Å². The van der Waals surface area contributed by atoms with Crippen LogP contribution in [-0.4, -0.2) is 74.4 Å². The number of nitrogens with zero attached hydrogens (tertiary/aromatic N) is 2. The number of aliphatic hydroxyl groups is 3. The van der Waals surface area contributed by atoms with Gasteiger partial charge in [-0.15, -0.1) is 0 Å². The van der Waals surface area contributed by atoms with E-state index in [0.29, 0.717) is 24.4 Å². The van der Waals surface area contributed by atoms with Gasteiger partial charge < -0.3 is 25.0 Å². The zero-order valence-electron chi connectivity index (χ0n) is 21.8. The van der Waals surface area contributed by atoms with Gasteiger partial charge in [-0.1, -0.05) is 36.7 Å². The van der Waals surface area contributed by atoms with Crippen molar-refractivity contribution in [2.75, 3.05) is 14.1 Å². The highest BCUT2D eigenvalue weighted by atomic mass is 35.5. The van der Waals surface area contributed by atoms with E-state index in [2.05, 4.69) is 36.2 Å². The number of halogens is 1. The molecule has 2 aromatic rings. The largest absolute Gasteiger partial charge is 0.390 e. The van der Waals surface area contributed by atoms with Crippen LogP contribution >= 0.6 is 11.6 Å². The first-order valence-corrected chi connectivity index (χ1v) is 14.1. The van der Waals surface area contributed by atoms with E-state index in [1.807, 2.05) is 25.1 Å². The van der Waals surface area contributed by atoms with Crippen molar-refractivity contribution in [3.05, 3.63) is 47.3 Å². The molecule has 3 N–H and O–H groups in total. The minimum Gasteiger partial charge on any atom is -0.390 e. The van der Waals surface area contributed by atoms with Crippen LogP contribution in [0.5, 0.6) is 0 Å². The highest BCUT2D eigenvalue weighted by molar-refractivity contribution is 6.34. The van der Waals surface area contributed by atoms with Crippen molar-refractivity contribution in [2.45, 2.75) is 86.9 Å². The third kappa shape index (κ3) is 3.03. The van der Waals surface area contributed by atoms with Gasteiger partial charge in [0.1, 0.15) is 10.8 Å². The quantitative estimate of drug-likeness (QED) is 0.511. The van der Waals surface area contributed by atoms with Crippen molar-refractivity contribution in [1.82, 2.24) is 9.88 Å². The fraction of sp³-hybridized carbons (Fsp3) is 0.633. The van der Waals surface area contributed by atoms with Crippen LogP contribution in [0.3, 0.4) is 0 Å². The van der Waals surface area contributed by atoms with Crippen molar-refractivity contribution in [3.8, 4) is 0 Å². The van der Waals surface area contributed by atoms with Gasteiger partial charge in [-0.2, -0.15) is 0 Å². The molecular weight excluding hydrogens is 488 g/mol. The van der Waals surface area contributed by atoms with Gasteiger partial charge in [-0.3, -0.25) is 0 Å². The first-order valence-electron chi connectivity index (χ1n) is 13.7. The fourth-order valence-corrected chi connectivity index (χ4v) is 9.59. The van der Waals surface area contributed by atoms with E-state index in [4.69, 9.17) is 16.3 Å². The number of aliphatic hydroxyl groups excluding tert-OH is 2. The molecule has 2 saturated carbocycles. The molecular formula is C30H37ClN2O4. The van der Waals surface area contributed by atoms with Crippen LogP contribution in [0.15, 0.2) is 36.5 Å². The standard InChI is InChI=1S/C30H37ClN2O4/c1-27-9-11-29(36)15-21-24(34)25(35)22(33(2)3)16-28(21)10-12-30(29,37-28)23(27)7-6-20(27)18-4-5-19-17(14-18)8-13-32-26(19)31/h4-6,8,13-14,21-25,34-36H,7,9-12,15-16H2,1-3H3/t21?,22-,23?,24+,25+,27+,28+,29?,30-/m0/s1. The Morgan fingerprint density at radius 1 is 1.05 bits per heavy atom. The number of hydrogen-bond acceptors (Lipinski definition) is 6. The van der Waals surface area contributed by atoms with Crippen molar-refractivity contribution in [2.24, 2.45) is 17.3 Å². The number of rotatable bonds is 2. The minimum absolute atomic E-state index is 0.122. The Bertz CT molecular complexity index is 1320. The van der Waals surface area contributed by atoms with Gasteiger partial charge in [0.25, 0.3) is 0 Å². The van der Waals surface area contributed by atoms with Crippen LogP contribution in [0.1, 0.15) is 57.4 Å². The second kappa shape index (κ2) is 7.77. The molecule has 7 rings (SSSR count). The van der Waals surface area contributed by atoms with E-state index in [0.717, 1.165) is 36.5 Å². The molecule has 37 heavy (non-hydrogen) atoms. The number of aromatic nitrogens is 1. The lowest BCUT2D eigenvalue weighted by atomic mass is 9.51. The highest BCUT2D eigenvalue weighted by Gasteiger charge is 2.76. The maximum atomic E-state index is 12.3. The Hall–Kier alpha value is -1.54. The SMILES string of the molecule is CN(C)[C@H]1C[C@@]23CC[C@]4(O2)C2CC=C(c5ccc6c(Cl)nccc6c5)[C@@]2(C)CCC4(O)CC3[C@@H](O)[C@@H]1O. The van der Waals surface area contributed by atoms with Gasteiger partial charge >= 0.3 is 0 Å². The Morgan fingerprint density at radius 3 is 2.65 bits per heavy atom. The summed E-state index contributed by atoms with van der Waals surface area (Å²) in [6.45, 7) is 2.36. The number of pyridine rings is 1. The molecule has 7 heteroatoms. The maximum absolute atomic E-state index is 12.3. The second-order valence-corrected chi connectivity index (χ2v) is 13.3. The molecule has 3 heterocycles. The van der Waals surface area contributed by atoms with Crippen molar-refractivity contribution in [1.29, 1.82) is 0 Å². The molecule has 5 aliphatic rings. The number of ether oxygens (including phenoxy) is 1. The molecule has 4 fully saturated rings. The van der Waals surface area contributed by atoms with E-state index in [-0.39, 0.29) is 23.3 Å². The summed E-state index contributed by atoms with van der Waals surface area (Å²) < 4.78 is 7.23. The first-order chi connectivity index (χ1) is 17.5. The maximum Gasteiger partial charge on any atom is 0.136 e. The molecule has 0 radical (unpaired) electrons. The average Bonchev–Trinajstić information content (AvgIpc) is 3.40. The summed E-state index contributed by atoms with van der Waals surface area (Å²) in [4.78, 5) is 6.23. The number of benzene rings is 1. The van der Waals surface area contributed by atoms with Gasteiger partial charge in [0.05, 0.1) is 23.4 Å². The fourth-order valence-electron chi connectivity index (χ4n) is 9.37. The van der Waals surface area contributed by atoms with Crippen molar-refractivity contribution < 1.29 is 20.1 Å². The molecule has 198 valence electrons. The molecule has 0 amide bonds. The van der Waals surface area contributed by atoms with E-state index in [9.17, 15) is 15.3 Å². The smallest absolute Gasteiger partial charge is 0.136 e. The minimum atomic E-state index is -1.00. The molecule has 1 aromatic carbocycles. The van der Waals surface area contributed by atoms with Crippen LogP contribution in [0.25, 0.3) is 16.3 Å². The van der Waals surface area contributed by atoms with E-state index < -0.39 is 29.0 Å². The summed E-state index contributed by atoms with van der Waals surface area (Å²) in [5.74, 6) is -0.0936. The van der Waals surface area contributed by atoms with Crippen LogP contribution < -0.4 is 0 Å². The lowest BCUT2D eigenvalue weighted by Crippen LogP contribution is -2.73. The molecule has 2 bridgehead atoms. The van der Waals surface area contributed by atoms with Gasteiger partial charge in [-0.05, 0) is 93.1 Å². The summed E-state index contributed by atoms with van der Waals surface area (Å²) >= 11 is 6.34. The van der Waals surface area contributed by atoms with E-state index in [1.165, 1.54) is 11.1 Å². The molecule has 2 saturated heterocycles.